The lowest BCUT2D eigenvalue weighted by Gasteiger charge is -2.10. The monoisotopic (exact) mass is 332 g/mol. The second-order valence-electron chi connectivity index (χ2n) is 3.49. The Balaban J connectivity index is 2.77. The van der Waals surface area contributed by atoms with E-state index < -0.39 is 0 Å². The molecule has 0 radical (unpaired) electrons. The van der Waals surface area contributed by atoms with Crippen LogP contribution in [0.3, 0.4) is 0 Å². The number of methoxy groups -OCH3 is 1. The minimum Gasteiger partial charge on any atom is -0.492 e. The van der Waals surface area contributed by atoms with Gasteiger partial charge in [0.2, 0.25) is 0 Å². The molecule has 3 nitrogen and oxygen atoms in total. The summed E-state index contributed by atoms with van der Waals surface area (Å²) in [5.41, 5.74) is 0.841. The van der Waals surface area contributed by atoms with Crippen molar-refractivity contribution in [1.82, 2.24) is 0 Å². The van der Waals surface area contributed by atoms with Crippen molar-refractivity contribution in [2.75, 3.05) is 20.3 Å². The van der Waals surface area contributed by atoms with Crippen molar-refractivity contribution in [3.05, 3.63) is 33.3 Å². The van der Waals surface area contributed by atoms with Crippen molar-refractivity contribution >= 4 is 39.9 Å². The van der Waals surface area contributed by atoms with Gasteiger partial charge in [0.05, 0.1) is 11.6 Å². The van der Waals surface area contributed by atoms with Crippen LogP contribution >= 0.6 is 27.5 Å². The number of rotatable bonds is 7. The summed E-state index contributed by atoms with van der Waals surface area (Å²) < 4.78 is 11.3. The molecule has 0 aliphatic rings. The summed E-state index contributed by atoms with van der Waals surface area (Å²) in [6, 6.07) is 3.54. The Hall–Kier alpha value is -0.840. The summed E-state index contributed by atoms with van der Waals surface area (Å²) in [5, 5.41) is 0.530. The van der Waals surface area contributed by atoms with Crippen LogP contribution in [0.15, 0.2) is 22.7 Å². The summed E-state index contributed by atoms with van der Waals surface area (Å²) in [5.74, 6) is 0.599. The van der Waals surface area contributed by atoms with Gasteiger partial charge in [-0.15, -0.1) is 0 Å². The number of carbonyl (C=O) groups excluding carboxylic acids is 1. The maximum Gasteiger partial charge on any atom is 0.142 e. The van der Waals surface area contributed by atoms with E-state index in [2.05, 4.69) is 15.9 Å². The van der Waals surface area contributed by atoms with Crippen molar-refractivity contribution in [1.29, 1.82) is 0 Å². The number of hydrogen-bond donors (Lipinski definition) is 0. The van der Waals surface area contributed by atoms with Crippen LogP contribution in [0, 0.1) is 0 Å². The standard InChI is InChI=1S/C13H14BrClO3/c1-17-6-3-7-18-13-8-10(4-2-5-16)11(14)9-12(13)15/h2,4-5,8-9H,3,6-7H2,1H3. The summed E-state index contributed by atoms with van der Waals surface area (Å²) in [7, 11) is 1.65. The van der Waals surface area contributed by atoms with E-state index in [4.69, 9.17) is 21.1 Å². The van der Waals surface area contributed by atoms with Gasteiger partial charge in [-0.1, -0.05) is 33.6 Å². The van der Waals surface area contributed by atoms with Gasteiger partial charge in [0.15, 0.2) is 0 Å². The highest BCUT2D eigenvalue weighted by atomic mass is 79.9. The van der Waals surface area contributed by atoms with Crippen molar-refractivity contribution in [3.8, 4) is 5.75 Å². The van der Waals surface area contributed by atoms with Crippen LogP contribution in [0.2, 0.25) is 5.02 Å². The maximum atomic E-state index is 10.3. The van der Waals surface area contributed by atoms with Crippen molar-refractivity contribution in [2.24, 2.45) is 0 Å². The first kappa shape index (κ1) is 15.2. The van der Waals surface area contributed by atoms with E-state index in [0.717, 1.165) is 22.7 Å². The van der Waals surface area contributed by atoms with Gasteiger partial charge in [-0.2, -0.15) is 0 Å². The molecular weight excluding hydrogens is 319 g/mol. The molecule has 1 aromatic carbocycles. The molecule has 0 aliphatic carbocycles. The van der Waals surface area contributed by atoms with Gasteiger partial charge in [0, 0.05) is 24.6 Å². The van der Waals surface area contributed by atoms with Gasteiger partial charge < -0.3 is 9.47 Å². The van der Waals surface area contributed by atoms with Crippen LogP contribution in [0.25, 0.3) is 6.08 Å². The maximum absolute atomic E-state index is 10.3. The molecule has 1 aromatic rings. The highest BCUT2D eigenvalue weighted by Crippen LogP contribution is 2.32. The minimum absolute atomic E-state index is 0.530. The number of allylic oxidation sites excluding steroid dienone is 1. The average Bonchev–Trinajstić information content (AvgIpc) is 2.35. The molecule has 0 N–H and O–H groups in total. The lowest BCUT2D eigenvalue weighted by molar-refractivity contribution is -0.104. The van der Waals surface area contributed by atoms with E-state index in [-0.39, 0.29) is 0 Å². The zero-order valence-corrected chi connectivity index (χ0v) is 12.3. The quantitative estimate of drug-likeness (QED) is 0.433. The summed E-state index contributed by atoms with van der Waals surface area (Å²) in [6.45, 7) is 1.18. The second-order valence-corrected chi connectivity index (χ2v) is 4.76. The Morgan fingerprint density at radius 3 is 2.83 bits per heavy atom. The number of benzene rings is 1. The van der Waals surface area contributed by atoms with E-state index in [1.807, 2.05) is 0 Å². The van der Waals surface area contributed by atoms with Crippen LogP contribution < -0.4 is 4.74 Å². The van der Waals surface area contributed by atoms with Gasteiger partial charge in [-0.3, -0.25) is 4.79 Å². The summed E-state index contributed by atoms with van der Waals surface area (Å²) in [6.07, 6.45) is 4.63. The second kappa shape index (κ2) is 8.29. The number of carbonyl (C=O) groups is 1. The lowest BCUT2D eigenvalue weighted by atomic mass is 10.2. The predicted octanol–water partition coefficient (Wildman–Crippen LogP) is 3.73. The molecule has 0 unspecified atom stereocenters. The Morgan fingerprint density at radius 2 is 2.17 bits per heavy atom. The van der Waals surface area contributed by atoms with Crippen molar-refractivity contribution in [3.63, 3.8) is 0 Å². The highest BCUT2D eigenvalue weighted by molar-refractivity contribution is 9.10. The molecule has 0 bridgehead atoms. The fourth-order valence-corrected chi connectivity index (χ4v) is 2.14. The molecule has 0 atom stereocenters. The number of aldehydes is 1. The van der Waals surface area contributed by atoms with Crippen LogP contribution in [0.4, 0.5) is 0 Å². The van der Waals surface area contributed by atoms with E-state index in [9.17, 15) is 4.79 Å². The molecule has 0 fully saturated rings. The largest absolute Gasteiger partial charge is 0.492 e. The number of hydrogen-bond acceptors (Lipinski definition) is 3. The van der Waals surface area contributed by atoms with Gasteiger partial charge in [-0.05, 0) is 23.8 Å². The smallest absolute Gasteiger partial charge is 0.142 e. The minimum atomic E-state index is 0.530. The van der Waals surface area contributed by atoms with Gasteiger partial charge >= 0.3 is 0 Å². The average molecular weight is 334 g/mol. The number of halogens is 2. The molecular formula is C13H14BrClO3. The Morgan fingerprint density at radius 1 is 1.39 bits per heavy atom. The third-order valence-electron chi connectivity index (χ3n) is 2.16. The van der Waals surface area contributed by atoms with E-state index in [1.165, 1.54) is 6.08 Å². The molecule has 1 rings (SSSR count). The molecule has 0 aliphatic heterocycles. The van der Waals surface area contributed by atoms with Crippen LogP contribution in [0.5, 0.6) is 5.75 Å². The molecule has 18 heavy (non-hydrogen) atoms. The zero-order chi connectivity index (χ0) is 13.4. The Bertz CT molecular complexity index is 432. The van der Waals surface area contributed by atoms with Crippen LogP contribution in [0.1, 0.15) is 12.0 Å². The third kappa shape index (κ3) is 4.80. The fourth-order valence-electron chi connectivity index (χ4n) is 1.31. The van der Waals surface area contributed by atoms with Gasteiger partial charge in [0.1, 0.15) is 12.0 Å². The highest BCUT2D eigenvalue weighted by Gasteiger charge is 2.06. The first-order valence-electron chi connectivity index (χ1n) is 5.41. The molecule has 0 spiro atoms. The van der Waals surface area contributed by atoms with Crippen LogP contribution in [-0.4, -0.2) is 26.6 Å². The topological polar surface area (TPSA) is 35.5 Å². The molecule has 98 valence electrons. The molecule has 0 saturated carbocycles. The lowest BCUT2D eigenvalue weighted by Crippen LogP contribution is -2.02. The van der Waals surface area contributed by atoms with Gasteiger partial charge in [-0.25, -0.2) is 0 Å². The Labute approximate surface area is 120 Å². The first-order valence-corrected chi connectivity index (χ1v) is 6.58. The third-order valence-corrected chi connectivity index (χ3v) is 3.14. The van der Waals surface area contributed by atoms with Crippen molar-refractivity contribution in [2.45, 2.75) is 6.42 Å². The molecule has 0 aromatic heterocycles. The molecule has 0 heterocycles. The van der Waals surface area contributed by atoms with Gasteiger partial charge in [0.25, 0.3) is 0 Å². The molecule has 5 heteroatoms. The van der Waals surface area contributed by atoms with E-state index in [0.29, 0.717) is 24.0 Å². The first-order chi connectivity index (χ1) is 8.69. The Kier molecular flexibility index (Phi) is 7.01. The fraction of sp³-hybridized carbons (Fsp3) is 0.308. The van der Waals surface area contributed by atoms with E-state index >= 15 is 0 Å². The van der Waals surface area contributed by atoms with Crippen molar-refractivity contribution < 1.29 is 14.3 Å². The number of ether oxygens (including phenoxy) is 2. The van der Waals surface area contributed by atoms with Crippen LogP contribution in [-0.2, 0) is 9.53 Å². The SMILES string of the molecule is COCCCOc1cc(C=CC=O)c(Br)cc1Cl. The molecule has 0 saturated heterocycles. The predicted molar refractivity (Wildman–Crippen MR) is 76.2 cm³/mol. The zero-order valence-electron chi connectivity index (χ0n) is 9.99. The normalized spacial score (nSPS) is 10.8. The summed E-state index contributed by atoms with van der Waals surface area (Å²) >= 11 is 9.45. The summed E-state index contributed by atoms with van der Waals surface area (Å²) in [4.78, 5) is 10.3. The molecule has 0 amide bonds. The van der Waals surface area contributed by atoms with E-state index in [1.54, 1.807) is 25.3 Å².